The van der Waals surface area contributed by atoms with Crippen molar-refractivity contribution in [2.75, 3.05) is 13.2 Å². The van der Waals surface area contributed by atoms with E-state index in [4.69, 9.17) is 9.47 Å². The van der Waals surface area contributed by atoms with E-state index in [1.807, 2.05) is 13.8 Å². The number of hydrogen-bond donors (Lipinski definition) is 3. The van der Waals surface area contributed by atoms with Gasteiger partial charge in [0.1, 0.15) is 0 Å². The van der Waals surface area contributed by atoms with E-state index in [2.05, 4.69) is 19.1 Å². The summed E-state index contributed by atoms with van der Waals surface area (Å²) in [4.78, 5) is 24.2. The number of carbonyl (C=O) groups is 2. The van der Waals surface area contributed by atoms with Crippen LogP contribution in [-0.4, -0.2) is 52.2 Å². The maximum Gasteiger partial charge on any atom is 0.320 e. The van der Waals surface area contributed by atoms with Crippen LogP contribution in [0, 0.1) is 34.5 Å². The molecule has 2 fully saturated rings. The second kappa shape index (κ2) is 8.98. The third kappa shape index (κ3) is 3.79. The first-order chi connectivity index (χ1) is 16.0. The molecule has 7 nitrogen and oxygen atoms in total. The van der Waals surface area contributed by atoms with E-state index in [1.54, 1.807) is 6.92 Å². The van der Waals surface area contributed by atoms with Gasteiger partial charge in [-0.25, -0.2) is 0 Å². The van der Waals surface area contributed by atoms with Crippen molar-refractivity contribution in [2.45, 2.75) is 84.3 Å². The zero-order chi connectivity index (χ0) is 24.9. The molecule has 0 radical (unpaired) electrons. The molecular formula is C27H40O7. The van der Waals surface area contributed by atoms with E-state index in [-0.39, 0.29) is 36.2 Å². The third-order valence-corrected chi connectivity index (χ3v) is 9.73. The molecule has 4 aliphatic carbocycles. The van der Waals surface area contributed by atoms with Crippen molar-refractivity contribution in [1.82, 2.24) is 0 Å². The van der Waals surface area contributed by atoms with Crippen molar-refractivity contribution in [3.05, 3.63) is 23.5 Å². The van der Waals surface area contributed by atoms with Gasteiger partial charge in [0, 0.05) is 18.3 Å². The average molecular weight is 477 g/mol. The van der Waals surface area contributed by atoms with E-state index in [0.29, 0.717) is 19.4 Å². The summed E-state index contributed by atoms with van der Waals surface area (Å²) < 4.78 is 10.8. The number of fused-ring (bicyclic) bond motifs is 5. The molecule has 0 aliphatic heterocycles. The lowest BCUT2D eigenvalue weighted by Crippen LogP contribution is -2.59. The topological polar surface area (TPSA) is 113 Å². The van der Waals surface area contributed by atoms with Crippen LogP contribution >= 0.6 is 0 Å². The average Bonchev–Trinajstić information content (AvgIpc) is 3.02. The number of esters is 1. The number of hydrogen-bond acceptors (Lipinski definition) is 6. The number of aliphatic hydroxyl groups is 2. The number of carboxylic acids is 1. The van der Waals surface area contributed by atoms with E-state index < -0.39 is 35.0 Å². The van der Waals surface area contributed by atoms with Gasteiger partial charge < -0.3 is 24.8 Å². The second-order valence-corrected chi connectivity index (χ2v) is 11.3. The highest BCUT2D eigenvalue weighted by Crippen LogP contribution is 2.67. The molecule has 3 N–H and O–H groups in total. The van der Waals surface area contributed by atoms with Crippen LogP contribution in [0.2, 0.25) is 0 Å². The Hall–Kier alpha value is -1.86. The molecule has 2 unspecified atom stereocenters. The highest BCUT2D eigenvalue weighted by molar-refractivity contribution is 5.94. The zero-order valence-electron chi connectivity index (χ0n) is 20.9. The van der Waals surface area contributed by atoms with Crippen LogP contribution in [0.4, 0.5) is 0 Å². The first-order valence-electron chi connectivity index (χ1n) is 12.8. The number of aliphatic hydroxyl groups excluding tert-OH is 1. The quantitative estimate of drug-likeness (QED) is 0.378. The summed E-state index contributed by atoms with van der Waals surface area (Å²) in [5.41, 5.74) is -0.929. The third-order valence-electron chi connectivity index (χ3n) is 9.73. The second-order valence-electron chi connectivity index (χ2n) is 11.3. The molecule has 0 bridgehead atoms. The Morgan fingerprint density at radius 1 is 1.21 bits per heavy atom. The van der Waals surface area contributed by atoms with Crippen molar-refractivity contribution in [3.63, 3.8) is 0 Å². The van der Waals surface area contributed by atoms with Crippen LogP contribution in [0.3, 0.4) is 0 Å². The van der Waals surface area contributed by atoms with Gasteiger partial charge in [-0.1, -0.05) is 19.9 Å². The fourth-order valence-electron chi connectivity index (χ4n) is 8.01. The smallest absolute Gasteiger partial charge is 0.320 e. The number of carbonyl (C=O) groups excluding carboxylic acids is 1. The molecule has 7 heteroatoms. The first kappa shape index (κ1) is 25.2. The van der Waals surface area contributed by atoms with Crippen LogP contribution in [0.25, 0.3) is 0 Å². The Kier molecular flexibility index (Phi) is 6.66. The van der Waals surface area contributed by atoms with Crippen molar-refractivity contribution in [3.8, 4) is 0 Å². The fraction of sp³-hybridized carbons (Fsp3) is 0.778. The molecular weight excluding hydrogens is 436 g/mol. The Morgan fingerprint density at radius 2 is 1.94 bits per heavy atom. The van der Waals surface area contributed by atoms with Gasteiger partial charge in [-0.15, -0.1) is 0 Å². The van der Waals surface area contributed by atoms with Gasteiger partial charge in [0.2, 0.25) is 0 Å². The van der Waals surface area contributed by atoms with Crippen LogP contribution < -0.4 is 0 Å². The van der Waals surface area contributed by atoms with E-state index in [0.717, 1.165) is 31.4 Å². The van der Waals surface area contributed by atoms with Crippen molar-refractivity contribution >= 4 is 11.9 Å². The summed E-state index contributed by atoms with van der Waals surface area (Å²) in [6.45, 7) is 8.61. The Morgan fingerprint density at radius 3 is 2.59 bits per heavy atom. The molecule has 8 atom stereocenters. The summed E-state index contributed by atoms with van der Waals surface area (Å²) in [6, 6.07) is 0. The molecule has 0 aromatic rings. The van der Waals surface area contributed by atoms with Gasteiger partial charge in [0.05, 0.1) is 30.7 Å². The van der Waals surface area contributed by atoms with E-state index in [9.17, 15) is 24.9 Å². The normalized spacial score (nSPS) is 41.8. The van der Waals surface area contributed by atoms with Gasteiger partial charge in [0.25, 0.3) is 0 Å². The summed E-state index contributed by atoms with van der Waals surface area (Å²) in [7, 11) is 0. The first-order valence-corrected chi connectivity index (χ1v) is 12.8. The number of aliphatic carboxylic acids is 1. The van der Waals surface area contributed by atoms with Gasteiger partial charge in [0.15, 0.2) is 5.92 Å². The standard InChI is InChI=1S/C27H40O7/c1-5-33-17-9-11-25(3)16(13-17)7-8-18-20-10-12-27(32,26(20,4)15-21(28)22(18)25)14-19(23(29)30)24(31)34-6-2/h7,13,18-22,28,32H,5-6,8-12,14-15H2,1-4H3,(H,29,30)/t18-,19?,20-,21?,22+,25-,26-,27-/m0/s1. The molecule has 0 aromatic heterocycles. The monoisotopic (exact) mass is 476 g/mol. The maximum absolute atomic E-state index is 12.4. The highest BCUT2D eigenvalue weighted by atomic mass is 16.5. The maximum atomic E-state index is 12.4. The predicted octanol–water partition coefficient (Wildman–Crippen LogP) is 3.84. The molecule has 4 aliphatic rings. The van der Waals surface area contributed by atoms with E-state index >= 15 is 0 Å². The van der Waals surface area contributed by atoms with Crippen LogP contribution in [-0.2, 0) is 19.1 Å². The largest absolute Gasteiger partial charge is 0.498 e. The molecule has 0 heterocycles. The van der Waals surface area contributed by atoms with Gasteiger partial charge >= 0.3 is 11.9 Å². The molecule has 4 rings (SSSR count). The summed E-state index contributed by atoms with van der Waals surface area (Å²) >= 11 is 0. The number of allylic oxidation sites excluding steroid dienone is 4. The molecule has 2 saturated carbocycles. The lowest BCUT2D eigenvalue weighted by Gasteiger charge is -2.60. The number of carboxylic acid groups (broad SMARTS) is 1. The zero-order valence-corrected chi connectivity index (χ0v) is 20.9. The molecule has 190 valence electrons. The molecule has 34 heavy (non-hydrogen) atoms. The predicted molar refractivity (Wildman–Crippen MR) is 126 cm³/mol. The van der Waals surface area contributed by atoms with Gasteiger partial charge in [-0.3, -0.25) is 9.59 Å². The van der Waals surface area contributed by atoms with Gasteiger partial charge in [-0.05, 0) is 80.8 Å². The minimum atomic E-state index is -1.41. The summed E-state index contributed by atoms with van der Waals surface area (Å²) in [6.07, 6.45) is 7.82. The molecule has 0 amide bonds. The van der Waals surface area contributed by atoms with Gasteiger partial charge in [-0.2, -0.15) is 0 Å². The minimum Gasteiger partial charge on any atom is -0.498 e. The Bertz CT molecular complexity index is 893. The van der Waals surface area contributed by atoms with Crippen LogP contribution in [0.5, 0.6) is 0 Å². The lowest BCUT2D eigenvalue weighted by molar-refractivity contribution is -0.181. The minimum absolute atomic E-state index is 0.0766. The Balaban J connectivity index is 1.64. The number of rotatable bonds is 7. The van der Waals surface area contributed by atoms with E-state index in [1.165, 1.54) is 5.57 Å². The summed E-state index contributed by atoms with van der Waals surface area (Å²) in [5, 5.41) is 33.1. The van der Waals surface area contributed by atoms with Crippen molar-refractivity contribution < 1.29 is 34.4 Å². The van der Waals surface area contributed by atoms with Crippen LogP contribution in [0.1, 0.15) is 72.6 Å². The van der Waals surface area contributed by atoms with Crippen molar-refractivity contribution in [2.24, 2.45) is 34.5 Å². The fourth-order valence-corrected chi connectivity index (χ4v) is 8.01. The number of ether oxygens (including phenoxy) is 2. The SMILES string of the molecule is CCOC(=O)C(C[C@@]1(O)CC[C@H]2[C@@H]3CC=C4C=C(OCC)CC[C@]4(C)[C@H]3C(O)C[C@@]21C)C(=O)O. The molecule has 0 saturated heterocycles. The van der Waals surface area contributed by atoms with Crippen LogP contribution in [0.15, 0.2) is 23.5 Å². The molecule has 0 spiro atoms. The van der Waals surface area contributed by atoms with Crippen molar-refractivity contribution in [1.29, 1.82) is 0 Å². The Labute approximate surface area is 202 Å². The highest BCUT2D eigenvalue weighted by Gasteiger charge is 2.66. The molecule has 0 aromatic carbocycles. The summed E-state index contributed by atoms with van der Waals surface area (Å²) in [5.74, 6) is -2.06. The lowest BCUT2D eigenvalue weighted by atomic mass is 9.46.